The van der Waals surface area contributed by atoms with Crippen LogP contribution in [0.3, 0.4) is 0 Å². The number of carbonyl (C=O) groups is 2. The fraction of sp³-hybridized carbons (Fsp3) is 0.462. The number of benzene rings is 1. The maximum Gasteiger partial charge on any atom is 0.255 e. The van der Waals surface area contributed by atoms with E-state index in [0.717, 1.165) is 5.56 Å². The number of aryl methyl sites for hydroxylation is 1. The molecule has 3 aromatic rings. The van der Waals surface area contributed by atoms with Crippen molar-refractivity contribution >= 4 is 22.8 Å². The summed E-state index contributed by atoms with van der Waals surface area (Å²) < 4.78 is 16.5. The molecule has 2 amide bonds. The van der Waals surface area contributed by atoms with E-state index < -0.39 is 0 Å². The van der Waals surface area contributed by atoms with Gasteiger partial charge < -0.3 is 29.4 Å². The number of nitrogens with zero attached hydrogens (tertiary/aromatic N) is 3. The predicted octanol–water partition coefficient (Wildman–Crippen LogP) is 2.71. The lowest BCUT2D eigenvalue weighted by atomic mass is 10.1. The summed E-state index contributed by atoms with van der Waals surface area (Å²) in [6.07, 6.45) is 4.53. The van der Waals surface area contributed by atoms with Gasteiger partial charge in [0.2, 0.25) is 5.91 Å². The minimum Gasteiger partial charge on any atom is -0.497 e. The average molecular weight is 494 g/mol. The third kappa shape index (κ3) is 4.86. The van der Waals surface area contributed by atoms with Crippen molar-refractivity contribution in [2.75, 3.05) is 40.5 Å². The van der Waals surface area contributed by atoms with E-state index in [1.807, 2.05) is 25.1 Å². The smallest absolute Gasteiger partial charge is 0.255 e. The molecule has 1 aromatic carbocycles. The van der Waals surface area contributed by atoms with Crippen LogP contribution in [0.4, 0.5) is 0 Å². The molecule has 10 heteroatoms. The van der Waals surface area contributed by atoms with Crippen LogP contribution in [0.15, 0.2) is 24.5 Å². The topological polar surface area (TPSA) is 119 Å². The Hall–Kier alpha value is -3.66. The Kier molecular flexibility index (Phi) is 6.77. The lowest BCUT2D eigenvalue weighted by Crippen LogP contribution is -2.39. The largest absolute Gasteiger partial charge is 0.497 e. The van der Waals surface area contributed by atoms with Crippen LogP contribution in [0, 0.1) is 12.8 Å². The van der Waals surface area contributed by atoms with Gasteiger partial charge in [0, 0.05) is 43.6 Å². The van der Waals surface area contributed by atoms with E-state index in [-0.39, 0.29) is 24.5 Å². The lowest BCUT2D eigenvalue weighted by Gasteiger charge is -2.16. The van der Waals surface area contributed by atoms with E-state index in [4.69, 9.17) is 14.2 Å². The first-order valence-corrected chi connectivity index (χ1v) is 12.2. The zero-order valence-electron chi connectivity index (χ0n) is 20.8. The van der Waals surface area contributed by atoms with Crippen LogP contribution in [-0.2, 0) is 9.53 Å². The van der Waals surface area contributed by atoms with Crippen LogP contribution in [0.5, 0.6) is 11.5 Å². The lowest BCUT2D eigenvalue weighted by molar-refractivity contribution is -0.134. The first kappa shape index (κ1) is 24.1. The minimum absolute atomic E-state index is 0.0413. The normalized spacial score (nSPS) is 17.4. The second-order valence-electron chi connectivity index (χ2n) is 9.42. The highest BCUT2D eigenvalue weighted by molar-refractivity contribution is 6.09. The van der Waals surface area contributed by atoms with Crippen molar-refractivity contribution in [3.63, 3.8) is 0 Å². The molecule has 0 bridgehead atoms. The van der Waals surface area contributed by atoms with Gasteiger partial charge in [-0.25, -0.2) is 9.97 Å². The third-order valence-electron chi connectivity index (χ3n) is 6.76. The molecule has 2 aromatic heterocycles. The number of carbonyl (C=O) groups excluding carboxylic acids is 2. The molecule has 1 atom stereocenters. The van der Waals surface area contributed by atoms with Crippen LogP contribution < -0.4 is 14.8 Å². The van der Waals surface area contributed by atoms with Crippen LogP contribution in [0.25, 0.3) is 22.3 Å². The van der Waals surface area contributed by atoms with Crippen LogP contribution in [0.1, 0.15) is 35.3 Å². The third-order valence-corrected chi connectivity index (χ3v) is 6.76. The van der Waals surface area contributed by atoms with E-state index in [9.17, 15) is 9.59 Å². The number of rotatable bonds is 9. The first-order valence-electron chi connectivity index (χ1n) is 12.2. The Morgan fingerprint density at radius 2 is 2.03 bits per heavy atom. The van der Waals surface area contributed by atoms with Gasteiger partial charge in [0.15, 0.2) is 0 Å². The van der Waals surface area contributed by atoms with Gasteiger partial charge in [0.1, 0.15) is 35.6 Å². The molecule has 2 N–H and O–H groups in total. The Labute approximate surface area is 209 Å². The second-order valence-corrected chi connectivity index (χ2v) is 9.42. The summed E-state index contributed by atoms with van der Waals surface area (Å²) in [5.41, 5.74) is 3.86. The van der Waals surface area contributed by atoms with E-state index >= 15 is 0 Å². The molecule has 10 nitrogen and oxygen atoms in total. The van der Waals surface area contributed by atoms with Gasteiger partial charge in [-0.15, -0.1) is 0 Å². The summed E-state index contributed by atoms with van der Waals surface area (Å²) >= 11 is 0. The summed E-state index contributed by atoms with van der Waals surface area (Å²) in [5, 5.41) is 3.07. The van der Waals surface area contributed by atoms with Gasteiger partial charge in [-0.3, -0.25) is 9.59 Å². The zero-order chi connectivity index (χ0) is 25.2. The van der Waals surface area contributed by atoms with Crippen LogP contribution in [-0.4, -0.2) is 78.2 Å². The molecule has 1 saturated carbocycles. The van der Waals surface area contributed by atoms with Crippen molar-refractivity contribution in [1.82, 2.24) is 25.2 Å². The minimum atomic E-state index is -0.227. The Morgan fingerprint density at radius 3 is 2.78 bits per heavy atom. The van der Waals surface area contributed by atoms with E-state index in [1.165, 1.54) is 26.3 Å². The molecule has 190 valence electrons. The number of likely N-dealkylation sites (tertiary alicyclic amines) is 1. The van der Waals surface area contributed by atoms with E-state index in [1.54, 1.807) is 12.0 Å². The number of amides is 2. The second kappa shape index (κ2) is 10.1. The zero-order valence-corrected chi connectivity index (χ0v) is 20.8. The standard InChI is InChI=1S/C26H31N5O5/c1-15-22(26(33)30-17-8-9-31(11-17)21(32)13-34-2)24-25(29-15)23(27-14-28-24)19-7-6-18(35-3)10-20(19)36-12-16-4-5-16/h6-7,10,14,16-17,29H,4-5,8-9,11-13H2,1-3H3,(H,30,33)/t17-/m1/s1. The molecule has 1 saturated heterocycles. The Bertz CT molecular complexity index is 1290. The highest BCUT2D eigenvalue weighted by atomic mass is 16.5. The number of hydrogen-bond donors (Lipinski definition) is 2. The van der Waals surface area contributed by atoms with Crippen LogP contribution >= 0.6 is 0 Å². The highest BCUT2D eigenvalue weighted by Gasteiger charge is 2.29. The van der Waals surface area contributed by atoms with E-state index in [0.29, 0.717) is 71.5 Å². The molecule has 3 heterocycles. The molecule has 2 aliphatic rings. The fourth-order valence-electron chi connectivity index (χ4n) is 4.62. The number of aromatic nitrogens is 3. The number of hydrogen-bond acceptors (Lipinski definition) is 7. The van der Waals surface area contributed by atoms with Gasteiger partial charge in [-0.1, -0.05) is 0 Å². The van der Waals surface area contributed by atoms with Crippen molar-refractivity contribution in [2.24, 2.45) is 5.92 Å². The quantitative estimate of drug-likeness (QED) is 0.470. The van der Waals surface area contributed by atoms with Gasteiger partial charge in [0.05, 0.1) is 24.8 Å². The maximum atomic E-state index is 13.3. The predicted molar refractivity (Wildman–Crippen MR) is 133 cm³/mol. The Morgan fingerprint density at radius 1 is 1.19 bits per heavy atom. The van der Waals surface area contributed by atoms with Crippen molar-refractivity contribution in [1.29, 1.82) is 0 Å². The molecule has 1 aliphatic carbocycles. The van der Waals surface area contributed by atoms with Gasteiger partial charge in [0.25, 0.3) is 5.91 Å². The molecular weight excluding hydrogens is 462 g/mol. The summed E-state index contributed by atoms with van der Waals surface area (Å²) in [7, 11) is 3.12. The number of fused-ring (bicyclic) bond motifs is 1. The average Bonchev–Trinajstić information content (AvgIpc) is 3.48. The molecule has 5 rings (SSSR count). The number of methoxy groups -OCH3 is 2. The number of H-pyrrole nitrogens is 1. The maximum absolute atomic E-state index is 13.3. The fourth-order valence-corrected chi connectivity index (χ4v) is 4.62. The number of ether oxygens (including phenoxy) is 3. The summed E-state index contributed by atoms with van der Waals surface area (Å²) in [6.45, 7) is 3.59. The summed E-state index contributed by atoms with van der Waals surface area (Å²) in [6, 6.07) is 5.52. The SMILES string of the molecule is COCC(=O)N1CC[C@@H](NC(=O)c2c(C)[nH]c3c(-c4ccc(OC)cc4OCC4CC4)ncnc23)C1. The highest BCUT2D eigenvalue weighted by Crippen LogP contribution is 2.38. The molecule has 36 heavy (non-hydrogen) atoms. The van der Waals surface area contributed by atoms with Crippen molar-refractivity contribution in [3.8, 4) is 22.8 Å². The van der Waals surface area contributed by atoms with Gasteiger partial charge in [-0.05, 0) is 44.2 Å². The van der Waals surface area contributed by atoms with Crippen molar-refractivity contribution < 1.29 is 23.8 Å². The monoisotopic (exact) mass is 493 g/mol. The molecule has 0 radical (unpaired) electrons. The summed E-state index contributed by atoms with van der Waals surface area (Å²) in [4.78, 5) is 39.5. The number of aromatic amines is 1. The van der Waals surface area contributed by atoms with Crippen LogP contribution in [0.2, 0.25) is 0 Å². The van der Waals surface area contributed by atoms with Crippen molar-refractivity contribution in [2.45, 2.75) is 32.2 Å². The van der Waals surface area contributed by atoms with Gasteiger partial charge >= 0.3 is 0 Å². The molecule has 0 spiro atoms. The van der Waals surface area contributed by atoms with Crippen molar-refractivity contribution in [3.05, 3.63) is 35.8 Å². The summed E-state index contributed by atoms with van der Waals surface area (Å²) in [5.74, 6) is 1.68. The Balaban J connectivity index is 1.42. The molecule has 1 aliphatic heterocycles. The molecule has 2 fully saturated rings. The molecular formula is C26H31N5O5. The van der Waals surface area contributed by atoms with Gasteiger partial charge in [-0.2, -0.15) is 0 Å². The first-order chi connectivity index (χ1) is 17.5. The molecule has 0 unspecified atom stereocenters. The van der Waals surface area contributed by atoms with E-state index in [2.05, 4.69) is 20.3 Å². The number of nitrogens with one attached hydrogen (secondary N) is 2.